The van der Waals surface area contributed by atoms with Gasteiger partial charge in [0, 0.05) is 29.3 Å². The highest BCUT2D eigenvalue weighted by Gasteiger charge is 2.45. The van der Waals surface area contributed by atoms with Crippen molar-refractivity contribution < 1.29 is 19.8 Å². The lowest BCUT2D eigenvalue weighted by Gasteiger charge is -2.37. The number of dihydropyridines is 1. The maximum Gasteiger partial charge on any atom is 0.334 e. The van der Waals surface area contributed by atoms with Crippen molar-refractivity contribution >= 4 is 11.8 Å². The molecule has 0 radical (unpaired) electrons. The number of carbonyl (C=O) groups excluding carboxylic acids is 1. The van der Waals surface area contributed by atoms with Crippen LogP contribution in [0.5, 0.6) is 5.75 Å². The second kappa shape index (κ2) is 7.91. The topological polar surface area (TPSA) is 86.6 Å². The number of hydrogen-bond donors (Lipinski definition) is 3. The molecule has 2 atom stereocenters. The molecule has 170 valence electrons. The summed E-state index contributed by atoms with van der Waals surface area (Å²) >= 11 is 0. The van der Waals surface area contributed by atoms with Crippen LogP contribution in [0.15, 0.2) is 58.9 Å². The molecule has 33 heavy (non-hydrogen) atoms. The van der Waals surface area contributed by atoms with Gasteiger partial charge in [0.15, 0.2) is 5.78 Å². The first kappa shape index (κ1) is 21.5. The van der Waals surface area contributed by atoms with Crippen LogP contribution in [0, 0.1) is 26.7 Å². The van der Waals surface area contributed by atoms with Gasteiger partial charge in [-0.05, 0) is 86.3 Å². The van der Waals surface area contributed by atoms with Crippen LogP contribution in [-0.4, -0.2) is 22.0 Å². The normalized spacial score (nSPS) is 22.8. The summed E-state index contributed by atoms with van der Waals surface area (Å²) in [6.45, 7) is 6.29. The van der Waals surface area contributed by atoms with Crippen LogP contribution in [0.4, 0.5) is 0 Å². The number of hydrogen-bond acceptors (Lipinski definition) is 4. The van der Waals surface area contributed by atoms with Gasteiger partial charge in [-0.25, -0.2) is 4.79 Å². The van der Waals surface area contributed by atoms with E-state index in [1.807, 2.05) is 0 Å². The van der Waals surface area contributed by atoms with Crippen LogP contribution >= 0.6 is 0 Å². The minimum atomic E-state index is -1.01. The summed E-state index contributed by atoms with van der Waals surface area (Å²) in [5, 5.41) is 23.7. The Bertz CT molecular complexity index is 1230. The molecule has 0 bridgehead atoms. The van der Waals surface area contributed by atoms with Crippen molar-refractivity contribution in [2.75, 3.05) is 0 Å². The Labute approximate surface area is 193 Å². The van der Waals surface area contributed by atoms with E-state index in [1.165, 1.54) is 22.3 Å². The largest absolute Gasteiger partial charge is 0.508 e. The SMILES string of the molecule is Cc1cc(C)c(C2CC(=O)C3=C(C2)NC(C2CC2)=C(C(=O)O)C3c2cccc(O)c2)c(C)c1. The average molecular weight is 444 g/mol. The fourth-order valence-electron chi connectivity index (χ4n) is 5.92. The Kier molecular flexibility index (Phi) is 5.15. The molecule has 0 amide bonds. The lowest BCUT2D eigenvalue weighted by molar-refractivity contribution is -0.133. The van der Waals surface area contributed by atoms with Gasteiger partial charge < -0.3 is 15.5 Å². The van der Waals surface area contributed by atoms with Crippen molar-refractivity contribution in [1.82, 2.24) is 5.32 Å². The Balaban J connectivity index is 1.64. The minimum Gasteiger partial charge on any atom is -0.508 e. The maximum absolute atomic E-state index is 13.7. The first-order valence-corrected chi connectivity index (χ1v) is 11.6. The second-order valence-electron chi connectivity index (χ2n) is 9.79. The summed E-state index contributed by atoms with van der Waals surface area (Å²) < 4.78 is 0. The van der Waals surface area contributed by atoms with Crippen molar-refractivity contribution in [3.8, 4) is 5.75 Å². The number of Topliss-reactive ketones (excluding diaryl/α,β-unsaturated/α-hetero) is 1. The van der Waals surface area contributed by atoms with Crippen molar-refractivity contribution in [1.29, 1.82) is 0 Å². The number of ketones is 1. The van der Waals surface area contributed by atoms with Gasteiger partial charge in [-0.1, -0.05) is 29.8 Å². The Morgan fingerprint density at radius 2 is 1.70 bits per heavy atom. The summed E-state index contributed by atoms with van der Waals surface area (Å²) in [6, 6.07) is 11.0. The predicted molar refractivity (Wildman–Crippen MR) is 126 cm³/mol. The van der Waals surface area contributed by atoms with E-state index in [-0.39, 0.29) is 28.9 Å². The summed E-state index contributed by atoms with van der Waals surface area (Å²) in [5.74, 6) is -1.39. The van der Waals surface area contributed by atoms with Crippen LogP contribution in [0.1, 0.15) is 65.3 Å². The smallest absolute Gasteiger partial charge is 0.334 e. The van der Waals surface area contributed by atoms with E-state index >= 15 is 0 Å². The summed E-state index contributed by atoms with van der Waals surface area (Å²) in [7, 11) is 0. The highest BCUT2D eigenvalue weighted by atomic mass is 16.4. The van der Waals surface area contributed by atoms with Crippen molar-refractivity contribution in [3.05, 3.63) is 86.8 Å². The molecule has 1 fully saturated rings. The zero-order chi connectivity index (χ0) is 23.4. The monoisotopic (exact) mass is 443 g/mol. The van der Waals surface area contributed by atoms with Gasteiger partial charge >= 0.3 is 5.97 Å². The highest BCUT2D eigenvalue weighted by Crippen LogP contribution is 2.50. The lowest BCUT2D eigenvalue weighted by atomic mass is 9.70. The maximum atomic E-state index is 13.7. The van der Waals surface area contributed by atoms with Crippen LogP contribution in [0.25, 0.3) is 0 Å². The molecule has 3 aliphatic rings. The molecule has 1 saturated carbocycles. The third-order valence-electron chi connectivity index (χ3n) is 7.23. The number of aryl methyl sites for hydroxylation is 3. The molecule has 1 aliphatic heterocycles. The van der Waals surface area contributed by atoms with Crippen LogP contribution < -0.4 is 5.32 Å². The van der Waals surface area contributed by atoms with Gasteiger partial charge in [-0.2, -0.15) is 0 Å². The van der Waals surface area contributed by atoms with E-state index in [0.29, 0.717) is 24.0 Å². The predicted octanol–water partition coefficient (Wildman–Crippen LogP) is 5.15. The quantitative estimate of drug-likeness (QED) is 0.608. The Morgan fingerprint density at radius 3 is 2.30 bits per heavy atom. The summed E-state index contributed by atoms with van der Waals surface area (Å²) in [5.41, 5.74) is 7.83. The summed E-state index contributed by atoms with van der Waals surface area (Å²) in [4.78, 5) is 26.1. The minimum absolute atomic E-state index is 0.0185. The number of allylic oxidation sites excluding steroid dienone is 3. The molecule has 1 heterocycles. The van der Waals surface area contributed by atoms with Gasteiger partial charge in [-0.3, -0.25) is 4.79 Å². The zero-order valence-electron chi connectivity index (χ0n) is 19.2. The number of aromatic hydroxyl groups is 1. The lowest BCUT2D eigenvalue weighted by Crippen LogP contribution is -2.37. The molecule has 0 saturated heterocycles. The molecule has 5 nitrogen and oxygen atoms in total. The summed E-state index contributed by atoms with van der Waals surface area (Å²) in [6.07, 6.45) is 2.92. The number of phenolic OH excluding ortho intramolecular Hbond substituents is 1. The van der Waals surface area contributed by atoms with Crippen LogP contribution in [-0.2, 0) is 9.59 Å². The van der Waals surface area contributed by atoms with E-state index in [1.54, 1.807) is 24.3 Å². The van der Waals surface area contributed by atoms with Crippen LogP contribution in [0.3, 0.4) is 0 Å². The number of rotatable bonds is 4. The van der Waals surface area contributed by atoms with Crippen molar-refractivity contribution in [3.63, 3.8) is 0 Å². The first-order valence-electron chi connectivity index (χ1n) is 11.6. The molecule has 3 N–H and O–H groups in total. The fraction of sp³-hybridized carbons (Fsp3) is 0.357. The molecule has 0 spiro atoms. The highest BCUT2D eigenvalue weighted by molar-refractivity contribution is 6.04. The fourth-order valence-corrected chi connectivity index (χ4v) is 5.92. The van der Waals surface area contributed by atoms with Crippen molar-refractivity contribution in [2.24, 2.45) is 5.92 Å². The van der Waals surface area contributed by atoms with Gasteiger partial charge in [0.05, 0.1) is 5.57 Å². The molecule has 2 aliphatic carbocycles. The van der Waals surface area contributed by atoms with Gasteiger partial charge in [-0.15, -0.1) is 0 Å². The van der Waals surface area contributed by atoms with Crippen molar-refractivity contribution in [2.45, 2.75) is 58.3 Å². The van der Waals surface area contributed by atoms with Gasteiger partial charge in [0.2, 0.25) is 0 Å². The second-order valence-corrected chi connectivity index (χ2v) is 9.79. The molecular formula is C28H29NO4. The van der Waals surface area contributed by atoms with E-state index in [2.05, 4.69) is 38.2 Å². The number of benzene rings is 2. The van der Waals surface area contributed by atoms with E-state index in [4.69, 9.17) is 0 Å². The molecule has 0 aromatic heterocycles. The molecule has 2 aromatic carbocycles. The molecule has 5 rings (SSSR count). The number of phenols is 1. The zero-order valence-corrected chi connectivity index (χ0v) is 19.2. The van der Waals surface area contributed by atoms with Crippen LogP contribution in [0.2, 0.25) is 0 Å². The third-order valence-corrected chi connectivity index (χ3v) is 7.23. The van der Waals surface area contributed by atoms with E-state index in [0.717, 1.165) is 24.2 Å². The number of carboxylic acid groups (broad SMARTS) is 1. The molecule has 2 aromatic rings. The number of nitrogens with one attached hydrogen (secondary N) is 1. The molecule has 5 heteroatoms. The number of carbonyl (C=O) groups is 2. The Hall–Kier alpha value is -3.34. The van der Waals surface area contributed by atoms with E-state index < -0.39 is 11.9 Å². The van der Waals surface area contributed by atoms with E-state index in [9.17, 15) is 19.8 Å². The number of carboxylic acids is 1. The standard InChI is InChI=1S/C28H29NO4/c1-14-9-15(2)23(16(3)10-14)19-12-21-25(22(31)13-19)24(18-5-4-6-20(30)11-18)26(28(32)33)27(29-21)17-7-8-17/h4-6,9-11,17,19,24,29-30H,7-8,12-13H2,1-3H3,(H,32,33). The number of aliphatic carboxylic acids is 1. The van der Waals surface area contributed by atoms with Gasteiger partial charge in [0.1, 0.15) is 5.75 Å². The van der Waals surface area contributed by atoms with Gasteiger partial charge in [0.25, 0.3) is 0 Å². The third kappa shape index (κ3) is 3.75. The molecule has 2 unspecified atom stereocenters. The molecular weight excluding hydrogens is 414 g/mol. The first-order chi connectivity index (χ1) is 15.7. The Morgan fingerprint density at radius 1 is 1.00 bits per heavy atom. The average Bonchev–Trinajstić information content (AvgIpc) is 3.57.